The average molecular weight is 675 g/mol. The maximum atomic E-state index is 2.39. The zero-order valence-electron chi connectivity index (χ0n) is 15.0. The van der Waals surface area contributed by atoms with E-state index >= 15 is 0 Å². The molecule has 29 heavy (non-hydrogen) atoms. The molecule has 150 valence electrons. The van der Waals surface area contributed by atoms with Crippen LogP contribution < -0.4 is 0 Å². The molecule has 0 atom stereocenters. The van der Waals surface area contributed by atoms with Gasteiger partial charge in [-0.2, -0.15) is 0 Å². The third kappa shape index (κ3) is 5.39. The first-order valence-electron chi connectivity index (χ1n) is 8.11. The van der Waals surface area contributed by atoms with Crippen molar-refractivity contribution in [1.29, 1.82) is 0 Å². The summed E-state index contributed by atoms with van der Waals surface area (Å²) in [7, 11) is 0. The zero-order chi connectivity index (χ0) is 19.8. The normalized spacial score (nSPS) is 21.3. The van der Waals surface area contributed by atoms with Gasteiger partial charge in [-0.25, -0.2) is 0 Å². The molecule has 4 aliphatic rings. The molecular weight excluding hydrogens is 663 g/mol. The van der Waals surface area contributed by atoms with Crippen LogP contribution in [0.2, 0.25) is 0 Å². The Balaban J connectivity index is 1.23. The molecule has 1 aromatic rings. The van der Waals surface area contributed by atoms with Gasteiger partial charge in [-0.05, 0) is 12.5 Å². The van der Waals surface area contributed by atoms with E-state index in [9.17, 15) is 0 Å². The summed E-state index contributed by atoms with van der Waals surface area (Å²) >= 11 is 18.6. The summed E-state index contributed by atoms with van der Waals surface area (Å²) in [5.41, 5.74) is 0. The second kappa shape index (κ2) is 10.5. The first-order chi connectivity index (χ1) is 14.2. The van der Waals surface area contributed by atoms with E-state index < -0.39 is 0 Å². The largest absolute Gasteiger partial charge is 0.0739 e. The van der Waals surface area contributed by atoms with Crippen molar-refractivity contribution in [2.24, 2.45) is 0 Å². The summed E-state index contributed by atoms with van der Waals surface area (Å²) in [6.07, 6.45) is 9.05. The van der Waals surface area contributed by atoms with Gasteiger partial charge in [-0.15, -0.1) is 23.5 Å². The van der Waals surface area contributed by atoms with Crippen molar-refractivity contribution in [3.05, 3.63) is 64.9 Å². The Morgan fingerprint density at radius 1 is 0.690 bits per heavy atom. The molecule has 11 heteroatoms. The van der Waals surface area contributed by atoms with Gasteiger partial charge in [0.2, 0.25) is 0 Å². The molecule has 0 fully saturated rings. The molecule has 0 amide bonds. The number of hydrogen-bond acceptors (Lipinski definition) is 9. The summed E-state index contributed by atoms with van der Waals surface area (Å²) in [5, 5.41) is 0. The van der Waals surface area contributed by atoms with Crippen molar-refractivity contribution in [3.8, 4) is 0 Å². The van der Waals surface area contributed by atoms with Crippen LogP contribution >= 0.6 is 105 Å². The van der Waals surface area contributed by atoms with E-state index in [1.807, 2.05) is 105 Å². The fraction of sp³-hybridized carbons (Fsp3) is 0.111. The summed E-state index contributed by atoms with van der Waals surface area (Å²) in [6, 6.07) is 4.52. The molecule has 0 nitrogen and oxygen atoms in total. The van der Waals surface area contributed by atoms with Crippen molar-refractivity contribution >= 4 is 147 Å². The van der Waals surface area contributed by atoms with Crippen LogP contribution in [0.25, 0.3) is 12.2 Å². The van der Waals surface area contributed by atoms with Crippen molar-refractivity contribution in [1.82, 2.24) is 0 Å². The van der Waals surface area contributed by atoms with Crippen molar-refractivity contribution < 1.29 is 0 Å². The van der Waals surface area contributed by atoms with Crippen molar-refractivity contribution in [2.45, 2.75) is 0 Å². The Labute approximate surface area is 222 Å². The molecule has 0 spiro atoms. The molecule has 0 saturated carbocycles. The zero-order valence-corrected chi connectivity index (χ0v) is 25.7. The Kier molecular flexibility index (Phi) is 8.23. The average Bonchev–Trinajstić information content (AvgIpc) is 3.50. The predicted octanol–water partition coefficient (Wildman–Crippen LogP) is 8.78. The summed E-state index contributed by atoms with van der Waals surface area (Å²) in [4.78, 5) is 7.47. The quantitative estimate of drug-likeness (QED) is 0.287. The van der Waals surface area contributed by atoms with Gasteiger partial charge >= 0.3 is 157 Å². The third-order valence-corrected chi connectivity index (χ3v) is 22.2. The minimum absolute atomic E-state index is 0.615. The molecule has 5 rings (SSSR count). The van der Waals surface area contributed by atoms with E-state index in [1.54, 1.807) is 7.61 Å². The van der Waals surface area contributed by atoms with E-state index in [0.717, 1.165) is 0 Å². The first kappa shape index (κ1) is 22.8. The molecule has 0 radical (unpaired) electrons. The second-order valence-electron chi connectivity index (χ2n) is 5.42. The van der Waals surface area contributed by atoms with Gasteiger partial charge in [0.25, 0.3) is 0 Å². The fourth-order valence-electron chi connectivity index (χ4n) is 2.40. The Hall–Kier alpha value is 1.98. The number of hydrogen-bond donors (Lipinski definition) is 0. The Bertz CT molecular complexity index is 991. The van der Waals surface area contributed by atoms with E-state index in [2.05, 4.69) is 46.7 Å². The van der Waals surface area contributed by atoms with Gasteiger partial charge in [-0.3, -0.25) is 0 Å². The summed E-state index contributed by atoms with van der Waals surface area (Å²) < 4.78 is 12.0. The van der Waals surface area contributed by atoms with Gasteiger partial charge in [0.05, 0.1) is 8.47 Å². The summed E-state index contributed by atoms with van der Waals surface area (Å²) in [5.74, 6) is 0. The van der Waals surface area contributed by atoms with E-state index in [-0.39, 0.29) is 0 Å². The minimum Gasteiger partial charge on any atom is -0.0739 e. The molecule has 0 aromatic carbocycles. The van der Waals surface area contributed by atoms with Crippen LogP contribution in [0.5, 0.6) is 0 Å². The minimum atomic E-state index is 0.615. The monoisotopic (exact) mass is 676 g/mol. The molecule has 0 bridgehead atoms. The van der Waals surface area contributed by atoms with Crippen LogP contribution in [0, 0.1) is 0 Å². The van der Waals surface area contributed by atoms with Gasteiger partial charge in [-0.1, -0.05) is 23.5 Å². The Morgan fingerprint density at radius 2 is 1.21 bits per heavy atom. The number of thioether (sulfide) groups is 8. The Morgan fingerprint density at radius 3 is 1.72 bits per heavy atom. The number of thiophene rings is 1. The SMILES string of the molecule is CSC1=C(SC)SC(=Cc2ccc(C=C3SC4=C(S3)SC(=C3[Se]C=C[Se]3)S4)s2)S1. The maximum absolute atomic E-state index is 2.39. The molecule has 1 aromatic heterocycles. The molecular formula is C18H12S9Se2. The third-order valence-electron chi connectivity index (χ3n) is 3.59. The van der Waals surface area contributed by atoms with E-state index in [0.29, 0.717) is 29.9 Å². The van der Waals surface area contributed by atoms with Gasteiger partial charge in [0.15, 0.2) is 0 Å². The molecule has 0 aliphatic carbocycles. The second-order valence-corrected chi connectivity index (χ2v) is 21.4. The van der Waals surface area contributed by atoms with Crippen LogP contribution in [0.15, 0.2) is 55.1 Å². The fourth-order valence-corrected chi connectivity index (χ4v) is 20.8. The predicted molar refractivity (Wildman–Crippen MR) is 155 cm³/mol. The maximum Gasteiger partial charge on any atom is -0.0739 e. The van der Waals surface area contributed by atoms with Gasteiger partial charge in [0.1, 0.15) is 0 Å². The molecule has 4 aliphatic heterocycles. The number of rotatable bonds is 4. The first-order valence-corrected chi connectivity index (χ1v) is 20.0. The van der Waals surface area contributed by atoms with E-state index in [4.69, 9.17) is 0 Å². The van der Waals surface area contributed by atoms with Crippen LogP contribution in [0.1, 0.15) is 9.75 Å². The van der Waals surface area contributed by atoms with Crippen LogP contribution in [-0.4, -0.2) is 42.4 Å². The van der Waals surface area contributed by atoms with Crippen LogP contribution in [0.3, 0.4) is 0 Å². The molecule has 5 heterocycles. The van der Waals surface area contributed by atoms with E-state index in [1.165, 1.54) is 35.2 Å². The van der Waals surface area contributed by atoms with Gasteiger partial charge < -0.3 is 0 Å². The molecule has 0 saturated heterocycles. The smallest absolute Gasteiger partial charge is 0.0739 e. The van der Waals surface area contributed by atoms with Crippen molar-refractivity contribution in [2.75, 3.05) is 12.5 Å². The molecule has 0 N–H and O–H groups in total. The molecule has 0 unspecified atom stereocenters. The van der Waals surface area contributed by atoms with Crippen molar-refractivity contribution in [3.63, 3.8) is 0 Å². The van der Waals surface area contributed by atoms with Crippen LogP contribution in [0.4, 0.5) is 0 Å². The van der Waals surface area contributed by atoms with Crippen LogP contribution in [-0.2, 0) is 0 Å². The standard InChI is InChI=1S/C18H12S9Se2/c1-19-13-14(20-2)23-11(22-13)7-9-3-4-10(21-9)8-12-24-15-16(25-12)27-17(26-15)18-28-5-6-29-18/h3-8H,1-2H3. The topological polar surface area (TPSA) is 0 Å². The van der Waals surface area contributed by atoms with Gasteiger partial charge in [0, 0.05) is 0 Å². The summed E-state index contributed by atoms with van der Waals surface area (Å²) in [6.45, 7) is 0.